The van der Waals surface area contributed by atoms with Crippen molar-refractivity contribution in [1.29, 1.82) is 0 Å². The lowest BCUT2D eigenvalue weighted by Gasteiger charge is -1.89. The van der Waals surface area contributed by atoms with E-state index in [0.717, 1.165) is 12.8 Å². The van der Waals surface area contributed by atoms with Crippen LogP contribution in [0.3, 0.4) is 0 Å². The number of hydrogen-bond acceptors (Lipinski definition) is 1. The molecule has 0 aromatic carbocycles. The van der Waals surface area contributed by atoms with Crippen LogP contribution in [0.15, 0.2) is 12.2 Å². The second-order valence-electron chi connectivity index (χ2n) is 1.86. The van der Waals surface area contributed by atoms with Crippen LogP contribution < -0.4 is 11.5 Å². The van der Waals surface area contributed by atoms with Crippen LogP contribution in [0.4, 0.5) is 4.79 Å². The Morgan fingerprint density at radius 1 is 1.30 bits per heavy atom. The van der Waals surface area contributed by atoms with Gasteiger partial charge in [-0.2, -0.15) is 0 Å². The maximum atomic E-state index is 9.00. The van der Waals surface area contributed by atoms with Gasteiger partial charge in [-0.15, -0.1) is 0 Å². The lowest BCUT2D eigenvalue weighted by molar-refractivity contribution is 0.256. The van der Waals surface area contributed by atoms with Crippen LogP contribution in [0.5, 0.6) is 0 Å². The molecular formula is C7H16N2O. The number of urea groups is 1. The van der Waals surface area contributed by atoms with Gasteiger partial charge in [0.1, 0.15) is 0 Å². The molecule has 0 heterocycles. The molecule has 2 amide bonds. The molecule has 0 spiro atoms. The van der Waals surface area contributed by atoms with E-state index in [4.69, 9.17) is 4.79 Å². The molecule has 0 aliphatic heterocycles. The van der Waals surface area contributed by atoms with Crippen molar-refractivity contribution in [2.24, 2.45) is 11.5 Å². The number of primary amides is 2. The minimum absolute atomic E-state index is 0.833. The third kappa shape index (κ3) is 27.9. The molecule has 0 aromatic rings. The van der Waals surface area contributed by atoms with Crippen molar-refractivity contribution in [3.8, 4) is 0 Å². The van der Waals surface area contributed by atoms with E-state index in [9.17, 15) is 0 Å². The van der Waals surface area contributed by atoms with E-state index < -0.39 is 6.03 Å². The fourth-order valence-corrected chi connectivity index (χ4v) is 0.250. The first-order valence-electron chi connectivity index (χ1n) is 3.26. The molecule has 10 heavy (non-hydrogen) atoms. The van der Waals surface area contributed by atoms with Gasteiger partial charge in [0.15, 0.2) is 0 Å². The smallest absolute Gasteiger partial charge is 0.309 e. The highest BCUT2D eigenvalue weighted by Gasteiger charge is 1.78. The zero-order valence-electron chi connectivity index (χ0n) is 6.68. The highest BCUT2D eigenvalue weighted by atomic mass is 16.2. The summed E-state index contributed by atoms with van der Waals surface area (Å²) in [5.74, 6) is 0. The first-order chi connectivity index (χ1) is 4.54. The van der Waals surface area contributed by atoms with Gasteiger partial charge in [0, 0.05) is 0 Å². The molecule has 0 aliphatic carbocycles. The van der Waals surface area contributed by atoms with Crippen molar-refractivity contribution in [3.63, 3.8) is 0 Å². The van der Waals surface area contributed by atoms with E-state index in [1.165, 1.54) is 5.57 Å². The van der Waals surface area contributed by atoms with Crippen molar-refractivity contribution in [2.75, 3.05) is 0 Å². The Labute approximate surface area is 62.1 Å². The topological polar surface area (TPSA) is 69.1 Å². The van der Waals surface area contributed by atoms with Crippen LogP contribution in [-0.2, 0) is 0 Å². The number of nitrogens with two attached hydrogens (primary N) is 2. The number of hydrogen-bond donors (Lipinski definition) is 2. The average molecular weight is 144 g/mol. The molecule has 60 valence electrons. The maximum Gasteiger partial charge on any atom is 0.309 e. The summed E-state index contributed by atoms with van der Waals surface area (Å²) in [6.07, 6.45) is 2.27. The van der Waals surface area contributed by atoms with Crippen LogP contribution in [0, 0.1) is 0 Å². The minimum Gasteiger partial charge on any atom is -0.352 e. The number of carbonyl (C=O) groups is 1. The summed E-state index contributed by atoms with van der Waals surface area (Å²) in [6.45, 7) is 8.05. The van der Waals surface area contributed by atoms with E-state index in [1.807, 2.05) is 0 Å². The van der Waals surface area contributed by atoms with Gasteiger partial charge in [-0.1, -0.05) is 26.0 Å². The summed E-state index contributed by atoms with van der Waals surface area (Å²) in [4.78, 5) is 9.00. The summed E-state index contributed by atoms with van der Waals surface area (Å²) in [7, 11) is 0. The first kappa shape index (κ1) is 11.8. The Morgan fingerprint density at radius 2 is 1.50 bits per heavy atom. The minimum atomic E-state index is -0.833. The second-order valence-corrected chi connectivity index (χ2v) is 1.86. The highest BCUT2D eigenvalue weighted by Crippen LogP contribution is 1.98. The summed E-state index contributed by atoms with van der Waals surface area (Å²) < 4.78 is 0. The lowest BCUT2D eigenvalue weighted by Crippen LogP contribution is -2.18. The SMILES string of the molecule is C=C(CC)CC.NC(N)=O. The number of amides is 2. The quantitative estimate of drug-likeness (QED) is 0.565. The molecule has 0 radical (unpaired) electrons. The highest BCUT2D eigenvalue weighted by molar-refractivity contribution is 5.69. The van der Waals surface area contributed by atoms with Crippen molar-refractivity contribution < 1.29 is 4.79 Å². The average Bonchev–Trinajstić information content (AvgIpc) is 1.85. The molecule has 0 fully saturated rings. The summed E-state index contributed by atoms with van der Waals surface area (Å²) in [5.41, 5.74) is 9.84. The van der Waals surface area contributed by atoms with Gasteiger partial charge in [0.2, 0.25) is 0 Å². The van der Waals surface area contributed by atoms with Crippen LogP contribution in [0.2, 0.25) is 0 Å². The van der Waals surface area contributed by atoms with Crippen molar-refractivity contribution >= 4 is 6.03 Å². The normalized spacial score (nSPS) is 7.40. The fourth-order valence-electron chi connectivity index (χ4n) is 0.250. The predicted molar refractivity (Wildman–Crippen MR) is 43.5 cm³/mol. The van der Waals surface area contributed by atoms with Gasteiger partial charge in [0.25, 0.3) is 0 Å². The monoisotopic (exact) mass is 144 g/mol. The molecule has 0 aromatic heterocycles. The van der Waals surface area contributed by atoms with Crippen LogP contribution in [0.25, 0.3) is 0 Å². The van der Waals surface area contributed by atoms with Crippen LogP contribution in [-0.4, -0.2) is 6.03 Å². The first-order valence-corrected chi connectivity index (χ1v) is 3.26. The van der Waals surface area contributed by atoms with Crippen molar-refractivity contribution in [2.45, 2.75) is 26.7 Å². The Balaban J connectivity index is 0. The van der Waals surface area contributed by atoms with E-state index in [2.05, 4.69) is 31.9 Å². The third-order valence-electron chi connectivity index (χ3n) is 1.000. The molecule has 4 N–H and O–H groups in total. The lowest BCUT2D eigenvalue weighted by atomic mass is 10.2. The molecule has 0 saturated heterocycles. The van der Waals surface area contributed by atoms with Crippen molar-refractivity contribution in [1.82, 2.24) is 0 Å². The Bertz CT molecular complexity index is 100. The molecule has 3 nitrogen and oxygen atoms in total. The van der Waals surface area contributed by atoms with Gasteiger partial charge in [-0.25, -0.2) is 4.79 Å². The molecular weight excluding hydrogens is 128 g/mol. The number of rotatable bonds is 2. The zero-order valence-corrected chi connectivity index (χ0v) is 6.68. The van der Waals surface area contributed by atoms with Crippen LogP contribution in [0.1, 0.15) is 26.7 Å². The van der Waals surface area contributed by atoms with E-state index in [0.29, 0.717) is 0 Å². The predicted octanol–water partition coefficient (Wildman–Crippen LogP) is 1.39. The molecule has 0 rings (SSSR count). The second kappa shape index (κ2) is 8.01. The zero-order chi connectivity index (χ0) is 8.57. The van der Waals surface area contributed by atoms with Gasteiger partial charge in [0.05, 0.1) is 0 Å². The molecule has 0 saturated carbocycles. The fraction of sp³-hybridized carbons (Fsp3) is 0.571. The van der Waals surface area contributed by atoms with E-state index in [-0.39, 0.29) is 0 Å². The standard InChI is InChI=1S/C6H12.CH4N2O/c1-4-6(3)5-2;2-1(3)4/h3-5H2,1-2H3;(H4,2,3,4). The molecule has 0 bridgehead atoms. The van der Waals surface area contributed by atoms with E-state index >= 15 is 0 Å². The Kier molecular flexibility index (Phi) is 9.42. The molecule has 0 aliphatic rings. The maximum absolute atomic E-state index is 9.00. The Hall–Kier alpha value is -0.990. The van der Waals surface area contributed by atoms with Gasteiger partial charge in [-0.3, -0.25) is 0 Å². The summed E-state index contributed by atoms with van der Waals surface area (Å²) in [6, 6.07) is -0.833. The van der Waals surface area contributed by atoms with Gasteiger partial charge >= 0.3 is 6.03 Å². The van der Waals surface area contributed by atoms with E-state index in [1.54, 1.807) is 0 Å². The molecule has 0 unspecified atom stereocenters. The Morgan fingerprint density at radius 3 is 1.50 bits per heavy atom. The molecule has 0 atom stereocenters. The molecule has 3 heteroatoms. The largest absolute Gasteiger partial charge is 0.352 e. The van der Waals surface area contributed by atoms with Gasteiger partial charge < -0.3 is 11.5 Å². The van der Waals surface area contributed by atoms with Crippen molar-refractivity contribution in [3.05, 3.63) is 12.2 Å². The van der Waals surface area contributed by atoms with Crippen LogP contribution >= 0.6 is 0 Å². The third-order valence-corrected chi connectivity index (χ3v) is 1.000. The summed E-state index contributed by atoms with van der Waals surface area (Å²) >= 11 is 0. The number of allylic oxidation sites excluding steroid dienone is 1. The summed E-state index contributed by atoms with van der Waals surface area (Å²) in [5, 5.41) is 0. The van der Waals surface area contributed by atoms with Gasteiger partial charge in [-0.05, 0) is 12.8 Å². The number of carbonyl (C=O) groups excluding carboxylic acids is 1.